The van der Waals surface area contributed by atoms with Crippen molar-refractivity contribution in [2.75, 3.05) is 18.0 Å². The maximum atomic E-state index is 13.7. The van der Waals surface area contributed by atoms with Gasteiger partial charge in [-0.3, -0.25) is 4.90 Å². The predicted molar refractivity (Wildman–Crippen MR) is 127 cm³/mol. The van der Waals surface area contributed by atoms with Gasteiger partial charge in [-0.05, 0) is 55.3 Å². The molecule has 0 bridgehead atoms. The number of nitrogens with zero attached hydrogens (tertiary/aromatic N) is 3. The highest BCUT2D eigenvalue weighted by Gasteiger charge is 2.35. The number of thiophene rings is 1. The lowest BCUT2D eigenvalue weighted by Gasteiger charge is -2.32. The second kappa shape index (κ2) is 9.76. The van der Waals surface area contributed by atoms with Crippen LogP contribution in [-0.4, -0.2) is 24.0 Å². The fraction of sp³-hybridized carbons (Fsp3) is 0.320. The van der Waals surface area contributed by atoms with E-state index in [-0.39, 0.29) is 18.2 Å². The Balaban J connectivity index is 1.63. The fourth-order valence-corrected chi connectivity index (χ4v) is 5.47. The van der Waals surface area contributed by atoms with Gasteiger partial charge in [-0.1, -0.05) is 29.8 Å². The summed E-state index contributed by atoms with van der Waals surface area (Å²) in [5.74, 6) is 0. The second-order valence-electron chi connectivity index (χ2n) is 8.25. The highest BCUT2D eigenvalue weighted by atomic mass is 35.5. The van der Waals surface area contributed by atoms with Crippen molar-refractivity contribution in [3.05, 3.63) is 86.1 Å². The summed E-state index contributed by atoms with van der Waals surface area (Å²) in [6, 6.07) is 17.1. The molecule has 0 radical (unpaired) electrons. The molecule has 1 fully saturated rings. The van der Waals surface area contributed by atoms with E-state index < -0.39 is 11.7 Å². The molecule has 0 spiro atoms. The number of hydrogen-bond donors (Lipinski definition) is 0. The third-order valence-electron chi connectivity index (χ3n) is 5.93. The van der Waals surface area contributed by atoms with Crippen LogP contribution in [0, 0.1) is 18.3 Å². The Morgan fingerprint density at radius 1 is 1.18 bits per heavy atom. The van der Waals surface area contributed by atoms with Crippen LogP contribution in [0.4, 0.5) is 18.9 Å². The molecule has 172 valence electrons. The molecule has 2 aromatic carbocycles. The summed E-state index contributed by atoms with van der Waals surface area (Å²) in [6.07, 6.45) is -3.60. The van der Waals surface area contributed by atoms with Crippen molar-refractivity contribution < 1.29 is 13.2 Å². The van der Waals surface area contributed by atoms with Crippen LogP contribution < -0.4 is 4.90 Å². The Labute approximate surface area is 200 Å². The third kappa shape index (κ3) is 5.52. The monoisotopic (exact) mass is 489 g/mol. The summed E-state index contributed by atoms with van der Waals surface area (Å²) in [7, 11) is 0. The van der Waals surface area contributed by atoms with Crippen LogP contribution in [0.3, 0.4) is 0 Å². The standard InChI is InChI=1S/C25H23ClF3N3S/c1-17-6-9-22(33-17)16-31-11-10-21(15-31)32(20-8-7-18(13-30)24(26)12-20)14-19-4-2-3-5-23(19)25(27,28)29/h2-9,12,21H,10-11,14-16H2,1H3. The van der Waals surface area contributed by atoms with Gasteiger partial charge in [0.25, 0.3) is 0 Å². The van der Waals surface area contributed by atoms with Crippen molar-refractivity contribution in [3.8, 4) is 6.07 Å². The fourth-order valence-electron chi connectivity index (χ4n) is 4.32. The van der Waals surface area contributed by atoms with E-state index in [9.17, 15) is 18.4 Å². The molecule has 4 rings (SSSR count). The average Bonchev–Trinajstić information content (AvgIpc) is 3.40. The zero-order chi connectivity index (χ0) is 23.6. The van der Waals surface area contributed by atoms with E-state index in [4.69, 9.17) is 11.6 Å². The largest absolute Gasteiger partial charge is 0.416 e. The first-order valence-corrected chi connectivity index (χ1v) is 11.8. The molecule has 2 heterocycles. The van der Waals surface area contributed by atoms with Crippen molar-refractivity contribution >= 4 is 28.6 Å². The van der Waals surface area contributed by atoms with Gasteiger partial charge in [0, 0.05) is 47.7 Å². The summed E-state index contributed by atoms with van der Waals surface area (Å²) in [4.78, 5) is 6.88. The van der Waals surface area contributed by atoms with Gasteiger partial charge in [0.05, 0.1) is 16.1 Å². The van der Waals surface area contributed by atoms with Gasteiger partial charge in [0.2, 0.25) is 0 Å². The molecule has 8 heteroatoms. The van der Waals surface area contributed by atoms with Gasteiger partial charge in [0.1, 0.15) is 6.07 Å². The van der Waals surface area contributed by atoms with Crippen molar-refractivity contribution in [2.24, 2.45) is 0 Å². The van der Waals surface area contributed by atoms with E-state index in [0.29, 0.717) is 10.6 Å². The molecule has 3 aromatic rings. The summed E-state index contributed by atoms with van der Waals surface area (Å²) in [5.41, 5.74) is 0.656. The van der Waals surface area contributed by atoms with Gasteiger partial charge in [0.15, 0.2) is 0 Å². The first kappa shape index (κ1) is 23.6. The number of halogens is 4. The molecule has 0 saturated carbocycles. The number of nitriles is 1. The number of anilines is 1. The molecule has 33 heavy (non-hydrogen) atoms. The lowest BCUT2D eigenvalue weighted by Crippen LogP contribution is -2.37. The van der Waals surface area contributed by atoms with E-state index in [1.54, 1.807) is 35.6 Å². The highest BCUT2D eigenvalue weighted by molar-refractivity contribution is 7.11. The minimum atomic E-state index is -4.43. The molecule has 1 atom stereocenters. The highest BCUT2D eigenvalue weighted by Crippen LogP contribution is 2.35. The van der Waals surface area contributed by atoms with E-state index in [1.165, 1.54) is 21.9 Å². The Morgan fingerprint density at radius 3 is 2.64 bits per heavy atom. The smallest absolute Gasteiger partial charge is 0.363 e. The molecule has 1 aromatic heterocycles. The Hall–Kier alpha value is -2.53. The number of alkyl halides is 3. The zero-order valence-electron chi connectivity index (χ0n) is 18.1. The SMILES string of the molecule is Cc1ccc(CN2CCC(N(Cc3ccccc3C(F)(F)F)c3ccc(C#N)c(Cl)c3)C2)s1. The van der Waals surface area contributed by atoms with Crippen molar-refractivity contribution in [3.63, 3.8) is 0 Å². The van der Waals surface area contributed by atoms with Crippen LogP contribution >= 0.6 is 22.9 Å². The number of likely N-dealkylation sites (tertiary alicyclic amines) is 1. The number of hydrogen-bond acceptors (Lipinski definition) is 4. The molecule has 0 aliphatic carbocycles. The van der Waals surface area contributed by atoms with Crippen LogP contribution in [0.5, 0.6) is 0 Å². The summed E-state index contributed by atoms with van der Waals surface area (Å²) in [5, 5.41) is 9.52. The van der Waals surface area contributed by atoms with Crippen molar-refractivity contribution in [2.45, 2.75) is 38.7 Å². The van der Waals surface area contributed by atoms with Gasteiger partial charge in [-0.25, -0.2) is 0 Å². The Kier molecular flexibility index (Phi) is 6.99. The molecular weight excluding hydrogens is 467 g/mol. The zero-order valence-corrected chi connectivity index (χ0v) is 19.6. The minimum Gasteiger partial charge on any atom is -0.363 e. The summed E-state index contributed by atoms with van der Waals surface area (Å²) in [6.45, 7) is 4.62. The van der Waals surface area contributed by atoms with E-state index >= 15 is 0 Å². The van der Waals surface area contributed by atoms with Crippen molar-refractivity contribution in [1.29, 1.82) is 5.26 Å². The lowest BCUT2D eigenvalue weighted by molar-refractivity contribution is -0.138. The Morgan fingerprint density at radius 2 is 1.97 bits per heavy atom. The van der Waals surface area contributed by atoms with Gasteiger partial charge in [-0.2, -0.15) is 18.4 Å². The number of benzene rings is 2. The van der Waals surface area contributed by atoms with Gasteiger partial charge >= 0.3 is 6.18 Å². The van der Waals surface area contributed by atoms with Crippen LogP contribution in [0.15, 0.2) is 54.6 Å². The Bertz CT molecular complexity index is 1170. The quantitative estimate of drug-likeness (QED) is 0.378. The van der Waals surface area contributed by atoms with Gasteiger partial charge < -0.3 is 4.90 Å². The van der Waals surface area contributed by atoms with Crippen LogP contribution in [0.2, 0.25) is 5.02 Å². The predicted octanol–water partition coefficient (Wildman–Crippen LogP) is 6.88. The number of aryl methyl sites for hydroxylation is 1. The minimum absolute atomic E-state index is 0.0244. The van der Waals surface area contributed by atoms with E-state index in [1.807, 2.05) is 11.0 Å². The first-order chi connectivity index (χ1) is 15.7. The van der Waals surface area contributed by atoms with E-state index in [2.05, 4.69) is 24.0 Å². The topological polar surface area (TPSA) is 30.3 Å². The normalized spacial score (nSPS) is 16.7. The number of rotatable bonds is 6. The third-order valence-corrected chi connectivity index (χ3v) is 7.23. The lowest BCUT2D eigenvalue weighted by atomic mass is 10.0. The molecule has 0 amide bonds. The van der Waals surface area contributed by atoms with Crippen molar-refractivity contribution in [1.82, 2.24) is 4.90 Å². The molecule has 1 aliphatic rings. The molecular formula is C25H23ClF3N3S. The van der Waals surface area contributed by atoms with E-state index in [0.717, 1.165) is 37.8 Å². The van der Waals surface area contributed by atoms with Crippen LogP contribution in [0.1, 0.15) is 32.9 Å². The molecule has 1 saturated heterocycles. The van der Waals surface area contributed by atoms with Crippen LogP contribution in [0.25, 0.3) is 0 Å². The average molecular weight is 490 g/mol. The second-order valence-corrected chi connectivity index (χ2v) is 10.0. The molecule has 3 nitrogen and oxygen atoms in total. The molecule has 1 aliphatic heterocycles. The summed E-state index contributed by atoms with van der Waals surface area (Å²) < 4.78 is 41.0. The maximum Gasteiger partial charge on any atom is 0.416 e. The molecule has 0 N–H and O–H groups in total. The first-order valence-electron chi connectivity index (χ1n) is 10.6. The van der Waals surface area contributed by atoms with Crippen LogP contribution in [-0.2, 0) is 19.3 Å². The van der Waals surface area contributed by atoms with Gasteiger partial charge in [-0.15, -0.1) is 11.3 Å². The summed E-state index contributed by atoms with van der Waals surface area (Å²) >= 11 is 8.05. The molecule has 1 unspecified atom stereocenters. The maximum absolute atomic E-state index is 13.7.